The highest BCUT2D eigenvalue weighted by Gasteiger charge is 2.30. The molecule has 1 aliphatic heterocycles. The zero-order chi connectivity index (χ0) is 16.7. The van der Waals surface area contributed by atoms with E-state index in [0.29, 0.717) is 19.6 Å². The molecule has 0 spiro atoms. The molecule has 0 aromatic heterocycles. The molecule has 1 aliphatic rings. The van der Waals surface area contributed by atoms with E-state index in [1.165, 1.54) is 0 Å². The van der Waals surface area contributed by atoms with Crippen LogP contribution in [0.3, 0.4) is 0 Å². The molecule has 0 saturated carbocycles. The summed E-state index contributed by atoms with van der Waals surface area (Å²) >= 11 is 0. The van der Waals surface area contributed by atoms with E-state index in [0.717, 1.165) is 37.9 Å². The fourth-order valence-corrected chi connectivity index (χ4v) is 3.20. The van der Waals surface area contributed by atoms with E-state index in [2.05, 4.69) is 10.2 Å². The summed E-state index contributed by atoms with van der Waals surface area (Å²) in [7, 11) is 3.97. The molecule has 2 rings (SSSR count). The maximum Gasteiger partial charge on any atom is 0.234 e. The van der Waals surface area contributed by atoms with E-state index in [4.69, 9.17) is 0 Å². The van der Waals surface area contributed by atoms with Crippen LogP contribution in [0.15, 0.2) is 30.3 Å². The molecule has 0 aliphatic carbocycles. The van der Waals surface area contributed by atoms with Gasteiger partial charge in [0.1, 0.15) is 0 Å². The number of hydrogen-bond acceptors (Lipinski definition) is 4. The minimum Gasteiger partial charge on any atom is -0.389 e. The molecule has 1 fully saturated rings. The highest BCUT2D eigenvalue weighted by molar-refractivity contribution is 5.78. The van der Waals surface area contributed by atoms with E-state index in [9.17, 15) is 9.90 Å². The van der Waals surface area contributed by atoms with Gasteiger partial charge < -0.3 is 15.3 Å². The standard InChI is InChI=1S/C18H29N3O2/c1-20(2)15-18(23)9-6-11-21(12-10-18)14-17(22)19-13-16-7-4-3-5-8-16/h3-5,7-8,23H,6,9-15H2,1-2H3,(H,19,22). The summed E-state index contributed by atoms with van der Waals surface area (Å²) in [6, 6.07) is 9.93. The first kappa shape index (κ1) is 17.9. The average Bonchev–Trinajstić information content (AvgIpc) is 2.68. The molecular weight excluding hydrogens is 290 g/mol. The van der Waals surface area contributed by atoms with Crippen molar-refractivity contribution < 1.29 is 9.90 Å². The smallest absolute Gasteiger partial charge is 0.234 e. The van der Waals surface area contributed by atoms with Crippen molar-refractivity contribution in [3.8, 4) is 0 Å². The summed E-state index contributed by atoms with van der Waals surface area (Å²) in [5.41, 5.74) is 0.482. The van der Waals surface area contributed by atoms with Crippen LogP contribution in [0.2, 0.25) is 0 Å². The highest BCUT2D eigenvalue weighted by Crippen LogP contribution is 2.22. The predicted octanol–water partition coefficient (Wildman–Crippen LogP) is 1.08. The van der Waals surface area contributed by atoms with E-state index in [1.807, 2.05) is 49.3 Å². The third kappa shape index (κ3) is 6.29. The van der Waals surface area contributed by atoms with Crippen LogP contribution >= 0.6 is 0 Å². The number of likely N-dealkylation sites (N-methyl/N-ethyl adjacent to an activating group) is 1. The third-order valence-electron chi connectivity index (χ3n) is 4.32. The van der Waals surface area contributed by atoms with Crippen molar-refractivity contribution in [1.29, 1.82) is 0 Å². The van der Waals surface area contributed by atoms with Crippen LogP contribution in [0.4, 0.5) is 0 Å². The number of aliphatic hydroxyl groups is 1. The summed E-state index contributed by atoms with van der Waals surface area (Å²) in [5.74, 6) is 0.0481. The molecule has 5 nitrogen and oxygen atoms in total. The third-order valence-corrected chi connectivity index (χ3v) is 4.32. The lowest BCUT2D eigenvalue weighted by atomic mass is 9.94. The number of amides is 1. The lowest BCUT2D eigenvalue weighted by Gasteiger charge is -2.30. The second-order valence-electron chi connectivity index (χ2n) is 6.85. The Morgan fingerprint density at radius 2 is 2.00 bits per heavy atom. The molecule has 2 N–H and O–H groups in total. The fourth-order valence-electron chi connectivity index (χ4n) is 3.20. The number of nitrogens with zero attached hydrogens (tertiary/aromatic N) is 2. The molecule has 0 bridgehead atoms. The van der Waals surface area contributed by atoms with Gasteiger partial charge in [0, 0.05) is 19.6 Å². The van der Waals surface area contributed by atoms with Crippen molar-refractivity contribution in [2.24, 2.45) is 0 Å². The minimum absolute atomic E-state index is 0.0481. The zero-order valence-electron chi connectivity index (χ0n) is 14.3. The van der Waals surface area contributed by atoms with Gasteiger partial charge in [0.05, 0.1) is 12.1 Å². The second kappa shape index (κ2) is 8.43. The average molecular weight is 319 g/mol. The van der Waals surface area contributed by atoms with Gasteiger partial charge in [-0.2, -0.15) is 0 Å². The molecule has 0 radical (unpaired) electrons. The Morgan fingerprint density at radius 3 is 2.70 bits per heavy atom. The summed E-state index contributed by atoms with van der Waals surface area (Å²) in [4.78, 5) is 16.3. The second-order valence-corrected chi connectivity index (χ2v) is 6.85. The first-order chi connectivity index (χ1) is 11.0. The number of benzene rings is 1. The van der Waals surface area contributed by atoms with Gasteiger partial charge in [-0.1, -0.05) is 30.3 Å². The molecule has 1 amide bonds. The molecule has 23 heavy (non-hydrogen) atoms. The quantitative estimate of drug-likeness (QED) is 0.824. The zero-order valence-corrected chi connectivity index (χ0v) is 14.3. The molecule has 1 heterocycles. The fraction of sp³-hybridized carbons (Fsp3) is 0.611. The Balaban J connectivity index is 1.76. The normalized spacial score (nSPS) is 22.8. The lowest BCUT2D eigenvalue weighted by molar-refractivity contribution is -0.122. The maximum absolute atomic E-state index is 12.1. The molecular formula is C18H29N3O2. The predicted molar refractivity (Wildman–Crippen MR) is 92.1 cm³/mol. The van der Waals surface area contributed by atoms with E-state index >= 15 is 0 Å². The van der Waals surface area contributed by atoms with Crippen LogP contribution in [-0.4, -0.2) is 66.7 Å². The van der Waals surface area contributed by atoms with Gasteiger partial charge in [0.15, 0.2) is 0 Å². The van der Waals surface area contributed by atoms with Crippen LogP contribution in [0.5, 0.6) is 0 Å². The number of hydrogen-bond donors (Lipinski definition) is 2. The van der Waals surface area contributed by atoms with Gasteiger partial charge in [-0.25, -0.2) is 0 Å². The van der Waals surface area contributed by atoms with Crippen LogP contribution in [0, 0.1) is 0 Å². The Kier molecular flexibility index (Phi) is 6.57. The summed E-state index contributed by atoms with van der Waals surface area (Å²) < 4.78 is 0. The largest absolute Gasteiger partial charge is 0.389 e. The first-order valence-corrected chi connectivity index (χ1v) is 8.37. The van der Waals surface area contributed by atoms with Crippen molar-refractivity contribution in [3.63, 3.8) is 0 Å². The Bertz CT molecular complexity index is 492. The van der Waals surface area contributed by atoms with Crippen LogP contribution in [-0.2, 0) is 11.3 Å². The summed E-state index contributed by atoms with van der Waals surface area (Å²) in [5, 5.41) is 13.6. The maximum atomic E-state index is 12.1. The monoisotopic (exact) mass is 319 g/mol. The molecule has 1 aromatic rings. The number of rotatable bonds is 6. The number of carbonyl (C=O) groups is 1. The topological polar surface area (TPSA) is 55.8 Å². The highest BCUT2D eigenvalue weighted by atomic mass is 16.3. The van der Waals surface area contributed by atoms with Crippen LogP contribution in [0.25, 0.3) is 0 Å². The molecule has 128 valence electrons. The van der Waals surface area contributed by atoms with E-state index in [1.54, 1.807) is 0 Å². The number of likely N-dealkylation sites (tertiary alicyclic amines) is 1. The van der Waals surface area contributed by atoms with Gasteiger partial charge in [-0.05, 0) is 45.5 Å². The molecule has 1 atom stereocenters. The van der Waals surface area contributed by atoms with Crippen molar-refractivity contribution in [3.05, 3.63) is 35.9 Å². The Hall–Kier alpha value is -1.43. The van der Waals surface area contributed by atoms with Gasteiger partial charge in [-0.15, -0.1) is 0 Å². The van der Waals surface area contributed by atoms with Gasteiger partial charge >= 0.3 is 0 Å². The van der Waals surface area contributed by atoms with E-state index in [-0.39, 0.29) is 5.91 Å². The first-order valence-electron chi connectivity index (χ1n) is 8.37. The Morgan fingerprint density at radius 1 is 1.26 bits per heavy atom. The van der Waals surface area contributed by atoms with Crippen molar-refractivity contribution in [1.82, 2.24) is 15.1 Å². The van der Waals surface area contributed by atoms with E-state index < -0.39 is 5.60 Å². The summed E-state index contributed by atoms with van der Waals surface area (Å²) in [6.45, 7) is 3.29. The summed E-state index contributed by atoms with van der Waals surface area (Å²) in [6.07, 6.45) is 2.45. The Labute approximate surface area is 139 Å². The van der Waals surface area contributed by atoms with Crippen LogP contribution in [0.1, 0.15) is 24.8 Å². The number of carbonyl (C=O) groups excluding carboxylic acids is 1. The number of nitrogens with one attached hydrogen (secondary N) is 1. The molecule has 5 heteroatoms. The molecule has 1 saturated heterocycles. The van der Waals surface area contributed by atoms with Crippen molar-refractivity contribution >= 4 is 5.91 Å². The minimum atomic E-state index is -0.626. The lowest BCUT2D eigenvalue weighted by Crippen LogP contribution is -2.42. The van der Waals surface area contributed by atoms with Gasteiger partial charge in [0.25, 0.3) is 0 Å². The molecule has 1 unspecified atom stereocenters. The van der Waals surface area contributed by atoms with Gasteiger partial charge in [-0.3, -0.25) is 9.69 Å². The van der Waals surface area contributed by atoms with Crippen molar-refractivity contribution in [2.45, 2.75) is 31.4 Å². The van der Waals surface area contributed by atoms with Crippen LogP contribution < -0.4 is 5.32 Å². The SMILES string of the molecule is CN(C)CC1(O)CCCN(CC(=O)NCc2ccccc2)CC1. The van der Waals surface area contributed by atoms with Gasteiger partial charge in [0.2, 0.25) is 5.91 Å². The van der Waals surface area contributed by atoms with Crippen molar-refractivity contribution in [2.75, 3.05) is 40.3 Å². The molecule has 1 aromatic carbocycles.